The van der Waals surface area contributed by atoms with Gasteiger partial charge in [0, 0.05) is 13.0 Å². The first-order chi connectivity index (χ1) is 6.64. The van der Waals surface area contributed by atoms with E-state index in [9.17, 15) is 8.42 Å². The van der Waals surface area contributed by atoms with E-state index in [1.165, 1.54) is 0 Å². The molecule has 0 aromatic rings. The molecule has 1 heterocycles. The highest BCUT2D eigenvalue weighted by Gasteiger charge is 2.26. The third-order valence-electron chi connectivity index (χ3n) is 2.36. The van der Waals surface area contributed by atoms with Crippen LogP contribution in [0.3, 0.4) is 0 Å². The lowest BCUT2D eigenvalue weighted by Crippen LogP contribution is -2.24. The van der Waals surface area contributed by atoms with E-state index in [0.29, 0.717) is 17.4 Å². The summed E-state index contributed by atoms with van der Waals surface area (Å²) in [6, 6.07) is 0. The molecule has 0 aromatic heterocycles. The second-order valence-corrected chi connectivity index (χ2v) is 5.88. The molecule has 4 heteroatoms. The van der Waals surface area contributed by atoms with Crippen LogP contribution >= 0.6 is 0 Å². The van der Waals surface area contributed by atoms with Gasteiger partial charge in [0.1, 0.15) is 0 Å². The summed E-state index contributed by atoms with van der Waals surface area (Å²) in [5, 5.41) is 3.23. The van der Waals surface area contributed by atoms with Crippen LogP contribution in [-0.2, 0) is 9.84 Å². The quantitative estimate of drug-likeness (QED) is 0.546. The molecule has 0 aliphatic carbocycles. The molecule has 1 rings (SSSR count). The molecule has 1 fully saturated rings. The van der Waals surface area contributed by atoms with Crippen molar-refractivity contribution in [2.45, 2.75) is 19.8 Å². The Kier molecular flexibility index (Phi) is 4.43. The summed E-state index contributed by atoms with van der Waals surface area (Å²) in [6.45, 7) is 3.49. The minimum absolute atomic E-state index is 0.314. The lowest BCUT2D eigenvalue weighted by atomic mass is 10.1. The van der Waals surface area contributed by atoms with Crippen molar-refractivity contribution in [1.82, 2.24) is 5.32 Å². The molecule has 80 valence electrons. The molecule has 14 heavy (non-hydrogen) atoms. The molecule has 0 amide bonds. The van der Waals surface area contributed by atoms with Crippen LogP contribution in [0.5, 0.6) is 0 Å². The number of rotatable bonds is 4. The Morgan fingerprint density at radius 1 is 1.50 bits per heavy atom. The van der Waals surface area contributed by atoms with Crippen LogP contribution in [0.4, 0.5) is 0 Å². The fraction of sp³-hybridized carbons (Fsp3) is 0.800. The second-order valence-electron chi connectivity index (χ2n) is 3.65. The van der Waals surface area contributed by atoms with Gasteiger partial charge in [-0.05, 0) is 25.8 Å². The van der Waals surface area contributed by atoms with Crippen molar-refractivity contribution < 1.29 is 8.42 Å². The Labute approximate surface area is 86.2 Å². The van der Waals surface area contributed by atoms with Gasteiger partial charge in [0.15, 0.2) is 9.84 Å². The van der Waals surface area contributed by atoms with E-state index in [0.717, 1.165) is 25.9 Å². The maximum Gasteiger partial charge on any atom is 0.150 e. The smallest absolute Gasteiger partial charge is 0.150 e. The third-order valence-corrected chi connectivity index (χ3v) is 4.20. The van der Waals surface area contributed by atoms with Crippen molar-refractivity contribution in [3.63, 3.8) is 0 Å². The molecule has 1 unspecified atom stereocenters. The lowest BCUT2D eigenvalue weighted by Gasteiger charge is -2.07. The molecule has 1 saturated heterocycles. The number of hydrogen-bond acceptors (Lipinski definition) is 3. The predicted octanol–water partition coefficient (Wildman–Crippen LogP) is 0.424. The first-order valence-electron chi connectivity index (χ1n) is 4.95. The molecule has 0 saturated carbocycles. The van der Waals surface area contributed by atoms with E-state index in [4.69, 9.17) is 0 Å². The predicted molar refractivity (Wildman–Crippen MR) is 57.7 cm³/mol. The Bertz CT molecular complexity index is 324. The fourth-order valence-electron chi connectivity index (χ4n) is 1.62. The van der Waals surface area contributed by atoms with Gasteiger partial charge in [-0.1, -0.05) is 0 Å². The summed E-state index contributed by atoms with van der Waals surface area (Å²) in [5.41, 5.74) is 0. The van der Waals surface area contributed by atoms with Gasteiger partial charge in [-0.25, -0.2) is 8.42 Å². The molecule has 1 N–H and O–H groups in total. The van der Waals surface area contributed by atoms with Gasteiger partial charge in [-0.15, -0.1) is 11.8 Å². The lowest BCUT2D eigenvalue weighted by molar-refractivity contribution is 0.526. The highest BCUT2D eigenvalue weighted by atomic mass is 32.2. The molecule has 1 aliphatic heterocycles. The Morgan fingerprint density at radius 2 is 2.29 bits per heavy atom. The maximum atomic E-state index is 11.1. The highest BCUT2D eigenvalue weighted by Crippen LogP contribution is 2.17. The average Bonchev–Trinajstić information content (AvgIpc) is 2.45. The van der Waals surface area contributed by atoms with Crippen molar-refractivity contribution in [3.8, 4) is 11.8 Å². The number of nitrogens with one attached hydrogen (secondary N) is 1. The van der Waals surface area contributed by atoms with E-state index in [1.807, 2.05) is 6.92 Å². The van der Waals surface area contributed by atoms with Gasteiger partial charge in [0.25, 0.3) is 0 Å². The topological polar surface area (TPSA) is 46.2 Å². The molecular weight excluding hydrogens is 198 g/mol. The van der Waals surface area contributed by atoms with Crippen LogP contribution in [0.15, 0.2) is 0 Å². The first kappa shape index (κ1) is 11.5. The Morgan fingerprint density at radius 3 is 2.86 bits per heavy atom. The van der Waals surface area contributed by atoms with Gasteiger partial charge in [-0.3, -0.25) is 0 Å². The van der Waals surface area contributed by atoms with Crippen LogP contribution in [0, 0.1) is 17.8 Å². The van der Waals surface area contributed by atoms with Gasteiger partial charge in [0.2, 0.25) is 0 Å². The molecule has 1 aliphatic rings. The average molecular weight is 215 g/mol. The summed E-state index contributed by atoms with van der Waals surface area (Å²) in [4.78, 5) is 0. The van der Waals surface area contributed by atoms with Gasteiger partial charge >= 0.3 is 0 Å². The molecule has 0 radical (unpaired) electrons. The van der Waals surface area contributed by atoms with Crippen LogP contribution < -0.4 is 5.32 Å². The molecule has 3 nitrogen and oxygen atoms in total. The van der Waals surface area contributed by atoms with E-state index >= 15 is 0 Å². The summed E-state index contributed by atoms with van der Waals surface area (Å²) in [7, 11) is -2.71. The highest BCUT2D eigenvalue weighted by molar-refractivity contribution is 7.91. The summed E-state index contributed by atoms with van der Waals surface area (Å²) in [6.07, 6.45) is 1.66. The van der Waals surface area contributed by atoms with Crippen molar-refractivity contribution in [2.75, 3.05) is 24.6 Å². The van der Waals surface area contributed by atoms with Gasteiger partial charge < -0.3 is 5.32 Å². The third kappa shape index (κ3) is 4.12. The zero-order valence-corrected chi connectivity index (χ0v) is 9.36. The molecule has 0 spiro atoms. The first-order valence-corrected chi connectivity index (χ1v) is 6.77. The number of sulfone groups is 1. The Balaban J connectivity index is 2.11. The van der Waals surface area contributed by atoms with Crippen LogP contribution in [0.25, 0.3) is 0 Å². The Hall–Kier alpha value is -0.530. The van der Waals surface area contributed by atoms with Crippen molar-refractivity contribution in [2.24, 2.45) is 5.92 Å². The van der Waals surface area contributed by atoms with Gasteiger partial charge in [-0.2, -0.15) is 0 Å². The van der Waals surface area contributed by atoms with E-state index in [2.05, 4.69) is 17.2 Å². The van der Waals surface area contributed by atoms with Crippen LogP contribution in [0.1, 0.15) is 19.8 Å². The normalized spacial score (nSPS) is 24.2. The second kappa shape index (κ2) is 5.38. The largest absolute Gasteiger partial charge is 0.315 e. The van der Waals surface area contributed by atoms with Crippen molar-refractivity contribution >= 4 is 9.84 Å². The van der Waals surface area contributed by atoms with Crippen molar-refractivity contribution in [1.29, 1.82) is 0 Å². The van der Waals surface area contributed by atoms with Crippen LogP contribution in [-0.4, -0.2) is 33.0 Å². The monoisotopic (exact) mass is 215 g/mol. The molecule has 0 bridgehead atoms. The molecular formula is C10H17NO2S. The molecule has 0 aromatic carbocycles. The summed E-state index contributed by atoms with van der Waals surface area (Å²) < 4.78 is 22.3. The standard InChI is InChI=1S/C10H17NO2S/c1-2-3-4-6-11-8-10-5-7-14(12,13)9-10/h10-11H,4-9H2,1H3. The number of hydrogen-bond donors (Lipinski definition) is 1. The zero-order valence-electron chi connectivity index (χ0n) is 8.54. The van der Waals surface area contributed by atoms with E-state index in [1.54, 1.807) is 0 Å². The molecule has 1 atom stereocenters. The minimum atomic E-state index is -2.71. The fourth-order valence-corrected chi connectivity index (χ4v) is 3.48. The minimum Gasteiger partial charge on any atom is -0.315 e. The summed E-state index contributed by atoms with van der Waals surface area (Å²) >= 11 is 0. The van der Waals surface area contributed by atoms with Crippen molar-refractivity contribution in [3.05, 3.63) is 0 Å². The van der Waals surface area contributed by atoms with Gasteiger partial charge in [0.05, 0.1) is 11.5 Å². The van der Waals surface area contributed by atoms with Crippen LogP contribution in [0.2, 0.25) is 0 Å². The summed E-state index contributed by atoms with van der Waals surface area (Å²) in [5.74, 6) is 6.83. The van der Waals surface area contributed by atoms with E-state index < -0.39 is 9.84 Å². The maximum absolute atomic E-state index is 11.1. The zero-order chi connectivity index (χ0) is 10.4. The van der Waals surface area contributed by atoms with E-state index in [-0.39, 0.29) is 0 Å². The SMILES string of the molecule is CC#CCCNCC1CCS(=O)(=O)C1.